The highest BCUT2D eigenvalue weighted by atomic mass is 32.1. The molecule has 0 aliphatic heterocycles. The third kappa shape index (κ3) is 4.49. The minimum Gasteiger partial charge on any atom is -0.456 e. The maximum atomic E-state index is 12.5. The van der Waals surface area contributed by atoms with E-state index in [0.717, 1.165) is 27.6 Å². The van der Waals surface area contributed by atoms with E-state index in [2.05, 4.69) is 4.98 Å². The molecule has 1 heterocycles. The van der Waals surface area contributed by atoms with E-state index in [0.29, 0.717) is 16.4 Å². The van der Waals surface area contributed by atoms with Crippen LogP contribution in [0, 0.1) is 13.8 Å². The first-order valence-electron chi connectivity index (χ1n) is 9.90. The number of esters is 1. The van der Waals surface area contributed by atoms with Gasteiger partial charge in [-0.15, -0.1) is 11.3 Å². The molecule has 3 aromatic carbocycles. The highest BCUT2D eigenvalue weighted by Gasteiger charge is 2.19. The van der Waals surface area contributed by atoms with E-state index in [1.165, 1.54) is 18.3 Å². The molecule has 31 heavy (non-hydrogen) atoms. The second kappa shape index (κ2) is 8.70. The Labute approximate surface area is 184 Å². The van der Waals surface area contributed by atoms with Crippen molar-refractivity contribution in [1.29, 1.82) is 0 Å². The first-order valence-corrected chi connectivity index (χ1v) is 10.8. The summed E-state index contributed by atoms with van der Waals surface area (Å²) in [5.41, 5.74) is 4.13. The number of aryl methyl sites for hydroxylation is 2. The number of fused-ring (bicyclic) bond motifs is 1. The Balaban J connectivity index is 1.49. The minimum absolute atomic E-state index is 0.0425. The Hall–Kier alpha value is -3.51. The molecule has 0 spiro atoms. The van der Waals surface area contributed by atoms with Gasteiger partial charge >= 0.3 is 5.97 Å². The predicted octanol–water partition coefficient (Wildman–Crippen LogP) is 5.95. The van der Waals surface area contributed by atoms with Crippen molar-refractivity contribution >= 4 is 44.8 Å². The summed E-state index contributed by atoms with van der Waals surface area (Å²) in [7, 11) is 0. The van der Waals surface area contributed by atoms with Crippen molar-refractivity contribution in [3.63, 3.8) is 0 Å². The molecule has 0 bridgehead atoms. The molecular weight excluding hydrogens is 408 g/mol. The standard InChI is InChI=1S/C25H22N2O3S/c1-16-8-11-23(12-17(16)2)27(18(3)28)25-26-22(15-31-25)14-30-24(29)21-10-9-19-6-4-5-7-20(19)13-21/h4-13,15H,14H2,1-3H3. The van der Waals surface area contributed by atoms with Gasteiger partial charge in [-0.25, -0.2) is 9.78 Å². The molecule has 0 radical (unpaired) electrons. The van der Waals surface area contributed by atoms with Crippen LogP contribution in [0.5, 0.6) is 0 Å². The number of hydrogen-bond acceptors (Lipinski definition) is 5. The van der Waals surface area contributed by atoms with Crippen LogP contribution in [0.3, 0.4) is 0 Å². The van der Waals surface area contributed by atoms with Gasteiger partial charge in [-0.3, -0.25) is 9.69 Å². The van der Waals surface area contributed by atoms with E-state index >= 15 is 0 Å². The summed E-state index contributed by atoms with van der Waals surface area (Å²) in [6.45, 7) is 5.59. The second-order valence-electron chi connectivity index (χ2n) is 7.38. The first-order chi connectivity index (χ1) is 14.9. The fraction of sp³-hybridized carbons (Fsp3) is 0.160. The number of carbonyl (C=O) groups is 2. The van der Waals surface area contributed by atoms with E-state index in [1.54, 1.807) is 16.3 Å². The van der Waals surface area contributed by atoms with Gasteiger partial charge in [0.15, 0.2) is 5.13 Å². The van der Waals surface area contributed by atoms with Crippen LogP contribution in [-0.4, -0.2) is 16.9 Å². The van der Waals surface area contributed by atoms with Crippen LogP contribution >= 0.6 is 11.3 Å². The van der Waals surface area contributed by atoms with Crippen molar-refractivity contribution < 1.29 is 14.3 Å². The Bertz CT molecular complexity index is 1280. The second-order valence-corrected chi connectivity index (χ2v) is 8.22. The number of amides is 1. The lowest BCUT2D eigenvalue weighted by Crippen LogP contribution is -2.22. The van der Waals surface area contributed by atoms with Gasteiger partial charge in [0.25, 0.3) is 0 Å². The predicted molar refractivity (Wildman–Crippen MR) is 124 cm³/mol. The molecule has 1 aromatic heterocycles. The van der Waals surface area contributed by atoms with Crippen molar-refractivity contribution in [2.75, 3.05) is 4.90 Å². The topological polar surface area (TPSA) is 59.5 Å². The zero-order valence-electron chi connectivity index (χ0n) is 17.6. The lowest BCUT2D eigenvalue weighted by Gasteiger charge is -2.19. The highest BCUT2D eigenvalue weighted by Crippen LogP contribution is 2.30. The third-order valence-corrected chi connectivity index (χ3v) is 6.01. The molecule has 156 valence electrons. The lowest BCUT2D eigenvalue weighted by molar-refractivity contribution is -0.115. The number of nitrogens with zero attached hydrogens (tertiary/aromatic N) is 2. The van der Waals surface area contributed by atoms with E-state index in [9.17, 15) is 9.59 Å². The first kappa shape index (κ1) is 20.8. The van der Waals surface area contributed by atoms with Crippen LogP contribution in [0.4, 0.5) is 10.8 Å². The van der Waals surface area contributed by atoms with Crippen molar-refractivity contribution in [3.05, 3.63) is 88.4 Å². The van der Waals surface area contributed by atoms with Crippen molar-refractivity contribution in [3.8, 4) is 0 Å². The number of hydrogen-bond donors (Lipinski definition) is 0. The molecule has 0 N–H and O–H groups in total. The number of anilines is 2. The van der Waals surface area contributed by atoms with Crippen LogP contribution in [-0.2, 0) is 16.1 Å². The molecule has 1 amide bonds. The molecule has 0 fully saturated rings. The molecule has 0 atom stereocenters. The van der Waals surface area contributed by atoms with Gasteiger partial charge in [-0.05, 0) is 60.0 Å². The molecule has 5 nitrogen and oxygen atoms in total. The van der Waals surface area contributed by atoms with E-state index in [4.69, 9.17) is 4.74 Å². The smallest absolute Gasteiger partial charge is 0.338 e. The molecule has 4 aromatic rings. The number of carbonyl (C=O) groups excluding carboxylic acids is 2. The summed E-state index contributed by atoms with van der Waals surface area (Å²) < 4.78 is 5.46. The molecule has 0 aliphatic rings. The summed E-state index contributed by atoms with van der Waals surface area (Å²) in [4.78, 5) is 30.9. The Morgan fingerprint density at radius 3 is 2.48 bits per heavy atom. The van der Waals surface area contributed by atoms with Gasteiger partial charge in [-0.2, -0.15) is 0 Å². The van der Waals surface area contributed by atoms with E-state index in [1.807, 2.05) is 68.4 Å². The van der Waals surface area contributed by atoms with Crippen molar-refractivity contribution in [1.82, 2.24) is 4.98 Å². The van der Waals surface area contributed by atoms with Crippen LogP contribution in [0.25, 0.3) is 10.8 Å². The maximum Gasteiger partial charge on any atom is 0.338 e. The highest BCUT2D eigenvalue weighted by molar-refractivity contribution is 7.14. The Morgan fingerprint density at radius 2 is 1.74 bits per heavy atom. The summed E-state index contributed by atoms with van der Waals surface area (Å²) in [5.74, 6) is -0.532. The van der Waals surface area contributed by atoms with E-state index in [-0.39, 0.29) is 12.5 Å². The van der Waals surface area contributed by atoms with Gasteiger partial charge in [-0.1, -0.05) is 36.4 Å². The summed E-state index contributed by atoms with van der Waals surface area (Å²) in [6.07, 6.45) is 0. The SMILES string of the molecule is CC(=O)N(c1ccc(C)c(C)c1)c1nc(COC(=O)c2ccc3ccccc3c2)cs1. The Kier molecular flexibility index (Phi) is 5.82. The fourth-order valence-corrected chi connectivity index (χ4v) is 4.17. The monoisotopic (exact) mass is 430 g/mol. The molecule has 0 aliphatic carbocycles. The van der Waals surface area contributed by atoms with E-state index < -0.39 is 5.97 Å². The van der Waals surface area contributed by atoms with Gasteiger partial charge in [0.2, 0.25) is 5.91 Å². The average Bonchev–Trinajstić information content (AvgIpc) is 3.22. The molecule has 0 saturated carbocycles. The fourth-order valence-electron chi connectivity index (χ4n) is 3.30. The number of aromatic nitrogens is 1. The van der Waals surface area contributed by atoms with Gasteiger partial charge < -0.3 is 4.74 Å². The number of thiazole rings is 1. The molecule has 6 heteroatoms. The lowest BCUT2D eigenvalue weighted by atomic mass is 10.1. The largest absolute Gasteiger partial charge is 0.456 e. The number of ether oxygens (including phenoxy) is 1. The van der Waals surface area contributed by atoms with Crippen LogP contribution in [0.15, 0.2) is 66.0 Å². The van der Waals surface area contributed by atoms with Crippen LogP contribution in [0.2, 0.25) is 0 Å². The zero-order chi connectivity index (χ0) is 22.0. The van der Waals surface area contributed by atoms with Crippen molar-refractivity contribution in [2.45, 2.75) is 27.4 Å². The summed E-state index contributed by atoms with van der Waals surface area (Å²) in [5, 5.41) is 4.41. The molecule has 4 rings (SSSR count). The number of rotatable bonds is 5. The third-order valence-electron chi connectivity index (χ3n) is 5.13. The summed E-state index contributed by atoms with van der Waals surface area (Å²) >= 11 is 1.34. The average molecular weight is 431 g/mol. The normalized spacial score (nSPS) is 10.8. The molecule has 0 unspecified atom stereocenters. The Morgan fingerprint density at radius 1 is 0.968 bits per heavy atom. The summed E-state index contributed by atoms with van der Waals surface area (Å²) in [6, 6.07) is 19.2. The van der Waals surface area contributed by atoms with Crippen LogP contribution < -0.4 is 4.90 Å². The number of benzene rings is 3. The maximum absolute atomic E-state index is 12.5. The molecular formula is C25H22N2O3S. The van der Waals surface area contributed by atoms with Crippen LogP contribution in [0.1, 0.15) is 34.1 Å². The van der Waals surface area contributed by atoms with Gasteiger partial charge in [0.1, 0.15) is 6.61 Å². The van der Waals surface area contributed by atoms with Gasteiger partial charge in [0, 0.05) is 12.3 Å². The zero-order valence-corrected chi connectivity index (χ0v) is 18.4. The molecule has 0 saturated heterocycles. The minimum atomic E-state index is -0.405. The van der Waals surface area contributed by atoms with Gasteiger partial charge in [0.05, 0.1) is 16.9 Å². The quantitative estimate of drug-likeness (QED) is 0.367. The van der Waals surface area contributed by atoms with Crippen molar-refractivity contribution in [2.24, 2.45) is 0 Å².